The largest absolute Gasteiger partial charge is 0.256 e. The summed E-state index contributed by atoms with van der Waals surface area (Å²) in [5, 5.41) is 5.97. The average Bonchev–Trinajstić information content (AvgIpc) is 2.29. The highest BCUT2D eigenvalue weighted by molar-refractivity contribution is 6.31. The summed E-state index contributed by atoms with van der Waals surface area (Å²) in [6.07, 6.45) is 1.65. The first kappa shape index (κ1) is 11.8. The highest BCUT2D eigenvalue weighted by atomic mass is 35.5. The summed E-state index contributed by atoms with van der Waals surface area (Å²) in [6, 6.07) is 7.16. The first-order valence-corrected chi connectivity index (χ1v) is 5.68. The monoisotopic (exact) mass is 249 g/mol. The van der Waals surface area contributed by atoms with E-state index in [2.05, 4.69) is 10.3 Å². The number of rotatable bonds is 3. The van der Waals surface area contributed by atoms with Crippen LogP contribution >= 0.6 is 11.6 Å². The summed E-state index contributed by atoms with van der Waals surface area (Å²) in [7, 11) is 0. The fourth-order valence-corrected chi connectivity index (χ4v) is 1.89. The van der Waals surface area contributed by atoms with Crippen LogP contribution in [0.5, 0.6) is 0 Å². The molecule has 0 aliphatic carbocycles. The lowest BCUT2D eigenvalue weighted by atomic mass is 10.1. The van der Waals surface area contributed by atoms with Gasteiger partial charge < -0.3 is 0 Å². The summed E-state index contributed by atoms with van der Waals surface area (Å²) < 4.78 is 0. The molecule has 0 fully saturated rings. The molecule has 0 radical (unpaired) electrons. The first-order valence-electron chi connectivity index (χ1n) is 5.30. The Morgan fingerprint density at radius 3 is 2.76 bits per heavy atom. The highest BCUT2D eigenvalue weighted by Gasteiger charge is 2.14. The Kier molecular flexibility index (Phi) is 3.24. The summed E-state index contributed by atoms with van der Waals surface area (Å²) in [5.74, 6) is 0. The zero-order valence-corrected chi connectivity index (χ0v) is 10.3. The van der Waals surface area contributed by atoms with Crippen LogP contribution in [0.1, 0.15) is 13.8 Å². The van der Waals surface area contributed by atoms with Crippen LogP contribution in [0.15, 0.2) is 35.7 Å². The van der Waals surface area contributed by atoms with E-state index in [1.807, 2.05) is 19.9 Å². The molecule has 0 spiro atoms. The minimum absolute atomic E-state index is 0.00576. The van der Waals surface area contributed by atoms with Crippen LogP contribution < -0.4 is 5.01 Å². The number of nitroso groups, excluding NO2 is 1. The summed E-state index contributed by atoms with van der Waals surface area (Å²) >= 11 is 5.91. The SMILES string of the molecule is CC(C)N(N=O)c1ccnc2cc(Cl)ccc12. The number of anilines is 1. The fourth-order valence-electron chi connectivity index (χ4n) is 1.72. The van der Waals surface area contributed by atoms with Crippen molar-refractivity contribution in [3.63, 3.8) is 0 Å². The van der Waals surface area contributed by atoms with Crippen molar-refractivity contribution in [2.45, 2.75) is 19.9 Å². The maximum absolute atomic E-state index is 10.9. The van der Waals surface area contributed by atoms with Crippen LogP contribution in [0, 0.1) is 4.91 Å². The van der Waals surface area contributed by atoms with E-state index in [9.17, 15) is 4.91 Å². The fraction of sp³-hybridized carbons (Fsp3) is 0.250. The van der Waals surface area contributed by atoms with E-state index >= 15 is 0 Å². The number of hydrogen-bond acceptors (Lipinski definition) is 3. The Balaban J connectivity index is 2.65. The number of aromatic nitrogens is 1. The Bertz CT molecular complexity index is 556. The van der Waals surface area contributed by atoms with E-state index in [1.54, 1.807) is 24.4 Å². The van der Waals surface area contributed by atoms with E-state index < -0.39 is 0 Å². The van der Waals surface area contributed by atoms with Gasteiger partial charge >= 0.3 is 0 Å². The zero-order chi connectivity index (χ0) is 12.4. The van der Waals surface area contributed by atoms with Crippen LogP contribution in [0.2, 0.25) is 5.02 Å². The van der Waals surface area contributed by atoms with E-state index in [0.717, 1.165) is 16.6 Å². The number of pyridine rings is 1. The Morgan fingerprint density at radius 2 is 2.12 bits per heavy atom. The molecule has 0 aliphatic heterocycles. The Labute approximate surface area is 104 Å². The number of benzene rings is 1. The molecule has 0 N–H and O–H groups in total. The number of fused-ring (bicyclic) bond motifs is 1. The second-order valence-electron chi connectivity index (χ2n) is 4.01. The highest BCUT2D eigenvalue weighted by Crippen LogP contribution is 2.28. The molecular weight excluding hydrogens is 238 g/mol. The smallest absolute Gasteiger partial charge is 0.0738 e. The zero-order valence-electron chi connectivity index (χ0n) is 9.59. The lowest BCUT2D eigenvalue weighted by Crippen LogP contribution is -2.24. The summed E-state index contributed by atoms with van der Waals surface area (Å²) in [5.41, 5.74) is 1.50. The minimum Gasteiger partial charge on any atom is -0.256 e. The van der Waals surface area contributed by atoms with E-state index in [0.29, 0.717) is 5.02 Å². The first-order chi connectivity index (χ1) is 8.13. The third-order valence-electron chi connectivity index (χ3n) is 2.51. The van der Waals surface area contributed by atoms with Gasteiger partial charge in [-0.05, 0) is 38.1 Å². The Morgan fingerprint density at radius 1 is 1.35 bits per heavy atom. The molecule has 0 unspecified atom stereocenters. The number of halogens is 1. The van der Waals surface area contributed by atoms with Gasteiger partial charge in [-0.25, -0.2) is 5.01 Å². The van der Waals surface area contributed by atoms with Crippen LogP contribution in [0.3, 0.4) is 0 Å². The van der Waals surface area contributed by atoms with Gasteiger partial charge in [0, 0.05) is 16.6 Å². The maximum atomic E-state index is 10.9. The molecule has 1 aromatic heterocycles. The van der Waals surface area contributed by atoms with Crippen LogP contribution in [-0.4, -0.2) is 11.0 Å². The van der Waals surface area contributed by atoms with Crippen molar-refractivity contribution in [3.05, 3.63) is 40.4 Å². The van der Waals surface area contributed by atoms with Gasteiger partial charge in [0.25, 0.3) is 0 Å². The molecule has 4 nitrogen and oxygen atoms in total. The van der Waals surface area contributed by atoms with Crippen molar-refractivity contribution in [2.75, 3.05) is 5.01 Å². The van der Waals surface area contributed by atoms with Gasteiger partial charge in [-0.2, -0.15) is 0 Å². The quantitative estimate of drug-likeness (QED) is 0.614. The van der Waals surface area contributed by atoms with Crippen molar-refractivity contribution in [1.29, 1.82) is 0 Å². The van der Waals surface area contributed by atoms with Gasteiger partial charge in [0.2, 0.25) is 0 Å². The van der Waals surface area contributed by atoms with Gasteiger partial charge in [-0.15, -0.1) is 4.91 Å². The second-order valence-corrected chi connectivity index (χ2v) is 4.45. The normalized spacial score (nSPS) is 10.8. The molecule has 1 heterocycles. The molecule has 5 heteroatoms. The molecule has 2 aromatic rings. The number of nitrogens with zero attached hydrogens (tertiary/aromatic N) is 3. The third-order valence-corrected chi connectivity index (χ3v) is 2.74. The molecule has 0 aliphatic rings. The standard InChI is InChI=1S/C12H12ClN3O/c1-8(2)16(15-17)12-5-6-14-11-7-9(13)3-4-10(11)12/h3-8H,1-2H3. The molecule has 0 saturated carbocycles. The van der Waals surface area contributed by atoms with Gasteiger partial charge in [-0.1, -0.05) is 11.6 Å². The van der Waals surface area contributed by atoms with E-state index in [1.165, 1.54) is 5.01 Å². The molecule has 2 rings (SSSR count). The predicted molar refractivity (Wildman–Crippen MR) is 70.2 cm³/mol. The lowest BCUT2D eigenvalue weighted by Gasteiger charge is -2.20. The predicted octanol–water partition coefficient (Wildman–Crippen LogP) is 3.78. The van der Waals surface area contributed by atoms with Crippen LogP contribution in [-0.2, 0) is 0 Å². The molecule has 0 bridgehead atoms. The van der Waals surface area contributed by atoms with Crippen LogP contribution in [0.25, 0.3) is 10.9 Å². The Hall–Kier alpha value is -1.68. The lowest BCUT2D eigenvalue weighted by molar-refractivity contribution is 0.711. The van der Waals surface area contributed by atoms with Crippen LogP contribution in [0.4, 0.5) is 5.69 Å². The van der Waals surface area contributed by atoms with Gasteiger partial charge in [0.15, 0.2) is 0 Å². The molecule has 0 atom stereocenters. The second kappa shape index (κ2) is 4.67. The van der Waals surface area contributed by atoms with Crippen molar-refractivity contribution < 1.29 is 0 Å². The van der Waals surface area contributed by atoms with Crippen molar-refractivity contribution in [2.24, 2.45) is 5.29 Å². The van der Waals surface area contributed by atoms with Gasteiger partial charge in [0.05, 0.1) is 22.5 Å². The minimum atomic E-state index is -0.00576. The molecule has 88 valence electrons. The maximum Gasteiger partial charge on any atom is 0.0738 e. The topological polar surface area (TPSA) is 45.6 Å². The number of hydrogen-bond donors (Lipinski definition) is 0. The molecular formula is C12H12ClN3O. The van der Waals surface area contributed by atoms with E-state index in [4.69, 9.17) is 11.6 Å². The van der Waals surface area contributed by atoms with Crippen molar-refractivity contribution in [3.8, 4) is 0 Å². The van der Waals surface area contributed by atoms with Gasteiger partial charge in [0.1, 0.15) is 0 Å². The van der Waals surface area contributed by atoms with Crippen molar-refractivity contribution in [1.82, 2.24) is 4.98 Å². The third kappa shape index (κ3) is 2.22. The molecule has 0 amide bonds. The summed E-state index contributed by atoms with van der Waals surface area (Å²) in [4.78, 5) is 15.1. The summed E-state index contributed by atoms with van der Waals surface area (Å²) in [6.45, 7) is 3.81. The van der Waals surface area contributed by atoms with E-state index in [-0.39, 0.29) is 6.04 Å². The molecule has 1 aromatic carbocycles. The molecule has 17 heavy (non-hydrogen) atoms. The average molecular weight is 250 g/mol. The van der Waals surface area contributed by atoms with Gasteiger partial charge in [-0.3, -0.25) is 4.98 Å². The molecule has 0 saturated heterocycles. The van der Waals surface area contributed by atoms with Crippen molar-refractivity contribution >= 4 is 28.2 Å².